The quantitative estimate of drug-likeness (QED) is 0.471. The van der Waals surface area contributed by atoms with Gasteiger partial charge in [0, 0.05) is 5.56 Å². The normalized spacial score (nSPS) is 12.0. The molecule has 0 amide bonds. The number of halogens is 4. The molecule has 0 saturated heterocycles. The molecule has 128 valence electrons. The molecule has 0 aliphatic heterocycles. The van der Waals surface area contributed by atoms with E-state index in [1.807, 2.05) is 0 Å². The van der Waals surface area contributed by atoms with Crippen molar-refractivity contribution in [3.8, 4) is 5.75 Å². The number of ketones is 1. The number of carbonyl (C=O) groups excluding carboxylic acids is 1. The Bertz CT molecular complexity index is 889. The van der Waals surface area contributed by atoms with Gasteiger partial charge in [-0.25, -0.2) is 4.39 Å². The molecule has 4 nitrogen and oxygen atoms in total. The smallest absolute Gasteiger partial charge is 0.379 e. The third kappa shape index (κ3) is 3.91. The molecule has 9 heteroatoms. The Hall–Kier alpha value is -2.42. The van der Waals surface area contributed by atoms with Gasteiger partial charge in [-0.2, -0.15) is 21.6 Å². The summed E-state index contributed by atoms with van der Waals surface area (Å²) in [5.41, 5.74) is -1.55. The van der Waals surface area contributed by atoms with Gasteiger partial charge in [-0.3, -0.25) is 4.79 Å². The zero-order chi connectivity index (χ0) is 18.1. The molecule has 0 atom stereocenters. The Morgan fingerprint density at radius 3 is 2.33 bits per heavy atom. The number of rotatable bonds is 4. The zero-order valence-electron chi connectivity index (χ0n) is 12.1. The van der Waals surface area contributed by atoms with Crippen LogP contribution < -0.4 is 4.18 Å². The minimum atomic E-state index is -5.05. The van der Waals surface area contributed by atoms with E-state index < -0.39 is 32.6 Å². The van der Waals surface area contributed by atoms with E-state index in [4.69, 9.17) is 4.18 Å². The van der Waals surface area contributed by atoms with Gasteiger partial charge in [-0.05, 0) is 37.3 Å². The van der Waals surface area contributed by atoms with Crippen molar-refractivity contribution in [1.29, 1.82) is 0 Å². The van der Waals surface area contributed by atoms with E-state index in [1.165, 1.54) is 25.1 Å². The largest absolute Gasteiger partial charge is 0.419 e. The molecule has 0 aliphatic carbocycles. The fourth-order valence-corrected chi connectivity index (χ4v) is 2.77. The van der Waals surface area contributed by atoms with E-state index in [0.29, 0.717) is 12.1 Å². The van der Waals surface area contributed by atoms with Gasteiger partial charge >= 0.3 is 16.3 Å². The van der Waals surface area contributed by atoms with Crippen LogP contribution in [0.1, 0.15) is 22.8 Å². The van der Waals surface area contributed by atoms with Crippen LogP contribution in [0.3, 0.4) is 0 Å². The van der Waals surface area contributed by atoms with Crippen LogP contribution in [-0.4, -0.2) is 14.2 Å². The van der Waals surface area contributed by atoms with Gasteiger partial charge in [-0.15, -0.1) is 0 Å². The molecular weight excluding hydrogens is 352 g/mol. The van der Waals surface area contributed by atoms with Gasteiger partial charge in [-0.1, -0.05) is 12.1 Å². The molecule has 0 N–H and O–H groups in total. The van der Waals surface area contributed by atoms with Crippen molar-refractivity contribution in [2.45, 2.75) is 18.0 Å². The first-order chi connectivity index (χ1) is 11.0. The van der Waals surface area contributed by atoms with E-state index in [9.17, 15) is 30.8 Å². The van der Waals surface area contributed by atoms with Gasteiger partial charge in [0.05, 0.1) is 5.56 Å². The molecule has 0 aromatic heterocycles. The molecule has 24 heavy (non-hydrogen) atoms. The first kappa shape index (κ1) is 17.9. The number of hydrogen-bond acceptors (Lipinski definition) is 4. The summed E-state index contributed by atoms with van der Waals surface area (Å²) in [6.45, 7) is 1.25. The Morgan fingerprint density at radius 1 is 1.08 bits per heavy atom. The Balaban J connectivity index is 2.41. The highest BCUT2D eigenvalue weighted by Crippen LogP contribution is 2.33. The second-order valence-electron chi connectivity index (χ2n) is 4.76. The second-order valence-corrected chi connectivity index (χ2v) is 6.31. The average molecular weight is 362 g/mol. The van der Waals surface area contributed by atoms with Crippen molar-refractivity contribution in [2.24, 2.45) is 0 Å². The Kier molecular flexibility index (Phi) is 4.66. The predicted molar refractivity (Wildman–Crippen MR) is 75.7 cm³/mol. The molecule has 0 unspecified atom stereocenters. The zero-order valence-corrected chi connectivity index (χ0v) is 12.9. The lowest BCUT2D eigenvalue weighted by Gasteiger charge is -2.11. The average Bonchev–Trinajstić information content (AvgIpc) is 2.46. The molecule has 0 bridgehead atoms. The molecule has 2 aromatic rings. The molecule has 0 radical (unpaired) electrons. The highest BCUT2D eigenvalue weighted by Gasteiger charge is 2.35. The Labute approximate surface area is 134 Å². The number of carbonyl (C=O) groups is 1. The maximum Gasteiger partial charge on any atom is 0.419 e. The lowest BCUT2D eigenvalue weighted by molar-refractivity contribution is -0.140. The van der Waals surface area contributed by atoms with Crippen LogP contribution in [0.5, 0.6) is 5.75 Å². The molecule has 0 aliphatic rings. The minimum absolute atomic E-state index is 0.152. The number of alkyl halides is 3. The molecule has 0 heterocycles. The predicted octanol–water partition coefficient (Wildman–Crippen LogP) is 3.81. The standard InChI is InChI=1S/C15H10F4O4S/c1-9(20)10-3-2-4-11(7-10)23-24(21,22)12-5-6-14(16)13(8-12)15(17,18)19/h2-8H,1H3. The number of benzene rings is 2. The topological polar surface area (TPSA) is 60.4 Å². The van der Waals surface area contributed by atoms with Crippen molar-refractivity contribution in [3.05, 3.63) is 59.4 Å². The van der Waals surface area contributed by atoms with Gasteiger partial charge < -0.3 is 4.18 Å². The van der Waals surface area contributed by atoms with Crippen molar-refractivity contribution in [1.82, 2.24) is 0 Å². The second kappa shape index (κ2) is 6.23. The summed E-state index contributed by atoms with van der Waals surface area (Å²) >= 11 is 0. The SMILES string of the molecule is CC(=O)c1cccc(OS(=O)(=O)c2ccc(F)c(C(F)(F)F)c2)c1. The third-order valence-electron chi connectivity index (χ3n) is 2.98. The fourth-order valence-electron chi connectivity index (χ4n) is 1.82. The van der Waals surface area contributed by atoms with Crippen molar-refractivity contribution >= 4 is 15.9 Å². The monoisotopic (exact) mass is 362 g/mol. The van der Waals surface area contributed by atoms with Crippen molar-refractivity contribution in [3.63, 3.8) is 0 Å². The van der Waals surface area contributed by atoms with Crippen LogP contribution >= 0.6 is 0 Å². The highest BCUT2D eigenvalue weighted by atomic mass is 32.2. The van der Waals surface area contributed by atoms with E-state index in [1.54, 1.807) is 0 Å². The number of hydrogen-bond donors (Lipinski definition) is 0. The molecule has 2 aromatic carbocycles. The van der Waals surface area contributed by atoms with E-state index in [2.05, 4.69) is 0 Å². The summed E-state index contributed by atoms with van der Waals surface area (Å²) < 4.78 is 80.1. The van der Waals surface area contributed by atoms with Gasteiger partial charge in [0.2, 0.25) is 0 Å². The molecule has 0 saturated carbocycles. The summed E-state index contributed by atoms with van der Waals surface area (Å²) in [4.78, 5) is 10.4. The summed E-state index contributed by atoms with van der Waals surface area (Å²) in [6, 6.07) is 6.33. The van der Waals surface area contributed by atoms with Crippen molar-refractivity contribution < 1.29 is 35.0 Å². The summed E-state index contributed by atoms with van der Waals surface area (Å²) in [6.07, 6.45) is -5.05. The molecule has 0 spiro atoms. The summed E-state index contributed by atoms with van der Waals surface area (Å²) in [5, 5.41) is 0. The van der Waals surface area contributed by atoms with Crippen LogP contribution in [0, 0.1) is 5.82 Å². The minimum Gasteiger partial charge on any atom is -0.379 e. The molecular formula is C15H10F4O4S. The fraction of sp³-hybridized carbons (Fsp3) is 0.133. The van der Waals surface area contributed by atoms with Crippen molar-refractivity contribution in [2.75, 3.05) is 0 Å². The van der Waals surface area contributed by atoms with Crippen LogP contribution in [0.25, 0.3) is 0 Å². The Morgan fingerprint density at radius 2 is 1.75 bits per heavy atom. The maximum absolute atomic E-state index is 13.2. The van der Waals surface area contributed by atoms with E-state index >= 15 is 0 Å². The van der Waals surface area contributed by atoms with Crippen LogP contribution in [-0.2, 0) is 16.3 Å². The van der Waals surface area contributed by atoms with Crippen LogP contribution in [0.15, 0.2) is 47.4 Å². The third-order valence-corrected chi connectivity index (χ3v) is 4.22. The summed E-state index contributed by atoms with van der Waals surface area (Å²) in [7, 11) is -4.63. The molecule has 0 fully saturated rings. The first-order valence-corrected chi connectivity index (χ1v) is 7.84. The summed E-state index contributed by atoms with van der Waals surface area (Å²) in [5.74, 6) is -2.19. The maximum atomic E-state index is 13.2. The van der Waals surface area contributed by atoms with Gasteiger partial charge in [0.15, 0.2) is 5.78 Å². The van der Waals surface area contributed by atoms with E-state index in [-0.39, 0.29) is 23.2 Å². The van der Waals surface area contributed by atoms with Gasteiger partial charge in [0.25, 0.3) is 0 Å². The lowest BCUT2D eigenvalue weighted by atomic mass is 10.1. The van der Waals surface area contributed by atoms with Crippen LogP contribution in [0.2, 0.25) is 0 Å². The van der Waals surface area contributed by atoms with E-state index in [0.717, 1.165) is 6.07 Å². The molecule has 2 rings (SSSR count). The van der Waals surface area contributed by atoms with Gasteiger partial charge in [0.1, 0.15) is 16.5 Å². The first-order valence-electron chi connectivity index (χ1n) is 6.43. The van der Waals surface area contributed by atoms with Crippen LogP contribution in [0.4, 0.5) is 17.6 Å². The number of Topliss-reactive ketones (excluding diaryl/α,β-unsaturated/α-hetero) is 1. The lowest BCUT2D eigenvalue weighted by Crippen LogP contribution is -2.14. The highest BCUT2D eigenvalue weighted by molar-refractivity contribution is 7.87.